The van der Waals surface area contributed by atoms with Crippen LogP contribution in [0, 0.1) is 0 Å². The normalized spacial score (nSPS) is 13.4. The first-order valence-corrected chi connectivity index (χ1v) is 10.7. The average molecular weight is 456 g/mol. The van der Waals surface area contributed by atoms with Crippen LogP contribution < -0.4 is 11.1 Å². The molecule has 0 aromatic carbocycles. The van der Waals surface area contributed by atoms with Crippen molar-refractivity contribution in [1.29, 1.82) is 0 Å². The van der Waals surface area contributed by atoms with Gasteiger partial charge in [-0.15, -0.1) is 0 Å². The van der Waals surface area contributed by atoms with Gasteiger partial charge < -0.3 is 15.6 Å². The maximum absolute atomic E-state index is 13.0. The number of nitrogens with two attached hydrogens (primary N) is 1. The van der Waals surface area contributed by atoms with Gasteiger partial charge >= 0.3 is 6.18 Å². The van der Waals surface area contributed by atoms with Crippen molar-refractivity contribution in [2.24, 2.45) is 12.8 Å². The van der Waals surface area contributed by atoms with Crippen LogP contribution in [-0.2, 0) is 27.9 Å². The van der Waals surface area contributed by atoms with E-state index in [-0.39, 0.29) is 39.1 Å². The third-order valence-electron chi connectivity index (χ3n) is 4.49. The fraction of sp³-hybridized carbons (Fsp3) is 0.333. The largest absolute Gasteiger partial charge is 0.417 e. The van der Waals surface area contributed by atoms with Gasteiger partial charge in [-0.25, -0.2) is 23.4 Å². The predicted octanol–water partition coefficient (Wildman–Crippen LogP) is 2.13. The Morgan fingerprint density at radius 3 is 2.55 bits per heavy atom. The molecule has 0 aliphatic carbocycles. The van der Waals surface area contributed by atoms with Crippen molar-refractivity contribution in [3.8, 4) is 11.5 Å². The standard InChI is InChI=1S/C18H19F3N6O3S/c1-4-31(29,30)12-5-6-13(26-17(28)9(2)22)25-14(12)16-24-11-7-10(18(19,20)21)8-23-15(11)27(16)3/h5-9H,4,22H2,1-3H3,(H,25,26,28). The summed E-state index contributed by atoms with van der Waals surface area (Å²) in [6, 6.07) is 2.53. The van der Waals surface area contributed by atoms with E-state index in [1.54, 1.807) is 0 Å². The fourth-order valence-electron chi connectivity index (χ4n) is 2.77. The van der Waals surface area contributed by atoms with Crippen molar-refractivity contribution in [1.82, 2.24) is 19.5 Å². The van der Waals surface area contributed by atoms with Gasteiger partial charge in [0.1, 0.15) is 17.0 Å². The van der Waals surface area contributed by atoms with Crippen LogP contribution in [0.1, 0.15) is 19.4 Å². The minimum Gasteiger partial charge on any atom is -0.320 e. The second-order valence-electron chi connectivity index (χ2n) is 6.78. The van der Waals surface area contributed by atoms with E-state index in [0.29, 0.717) is 6.20 Å². The molecule has 166 valence electrons. The number of amides is 1. The molecule has 31 heavy (non-hydrogen) atoms. The van der Waals surface area contributed by atoms with Gasteiger partial charge in [-0.05, 0) is 25.1 Å². The molecular formula is C18H19F3N6O3S. The number of hydrogen-bond donors (Lipinski definition) is 2. The maximum Gasteiger partial charge on any atom is 0.417 e. The Bertz CT molecular complexity index is 1270. The van der Waals surface area contributed by atoms with Crippen LogP contribution in [0.5, 0.6) is 0 Å². The number of nitrogens with zero attached hydrogens (tertiary/aromatic N) is 4. The molecule has 3 N–H and O–H groups in total. The molecule has 0 radical (unpaired) electrons. The van der Waals surface area contributed by atoms with Gasteiger partial charge in [0.05, 0.1) is 22.3 Å². The highest BCUT2D eigenvalue weighted by Crippen LogP contribution is 2.33. The Kier molecular flexibility index (Phi) is 5.76. The summed E-state index contributed by atoms with van der Waals surface area (Å²) in [6.07, 6.45) is -3.94. The Hall–Kier alpha value is -3.06. The highest BCUT2D eigenvalue weighted by molar-refractivity contribution is 7.91. The van der Waals surface area contributed by atoms with Crippen LogP contribution in [-0.4, -0.2) is 45.6 Å². The Morgan fingerprint density at radius 2 is 1.97 bits per heavy atom. The Labute approximate surface area is 175 Å². The molecule has 0 bridgehead atoms. The number of pyridine rings is 2. The molecule has 3 aromatic rings. The minimum atomic E-state index is -4.61. The van der Waals surface area contributed by atoms with Gasteiger partial charge in [0.2, 0.25) is 5.91 Å². The molecule has 0 aliphatic heterocycles. The quantitative estimate of drug-likeness (QED) is 0.601. The summed E-state index contributed by atoms with van der Waals surface area (Å²) < 4.78 is 65.6. The smallest absolute Gasteiger partial charge is 0.320 e. The molecule has 1 unspecified atom stereocenters. The second kappa shape index (κ2) is 7.89. The number of sulfone groups is 1. The number of carbonyl (C=O) groups is 1. The Balaban J connectivity index is 2.24. The number of aryl methyl sites for hydroxylation is 1. The van der Waals surface area contributed by atoms with Crippen molar-refractivity contribution < 1.29 is 26.4 Å². The number of aromatic nitrogens is 4. The number of imidazole rings is 1. The zero-order valence-electron chi connectivity index (χ0n) is 16.7. The molecule has 0 spiro atoms. The van der Waals surface area contributed by atoms with Gasteiger partial charge in [0.15, 0.2) is 21.3 Å². The first-order chi connectivity index (χ1) is 14.3. The van der Waals surface area contributed by atoms with E-state index in [1.165, 1.54) is 37.6 Å². The summed E-state index contributed by atoms with van der Waals surface area (Å²) in [7, 11) is -2.30. The topological polar surface area (TPSA) is 133 Å². The third kappa shape index (κ3) is 4.37. The highest BCUT2D eigenvalue weighted by atomic mass is 32.2. The molecule has 0 saturated carbocycles. The summed E-state index contributed by atoms with van der Waals surface area (Å²) in [6.45, 7) is 2.90. The van der Waals surface area contributed by atoms with Gasteiger partial charge in [-0.3, -0.25) is 4.79 Å². The number of fused-ring (bicyclic) bond motifs is 1. The van der Waals surface area contributed by atoms with Gasteiger partial charge in [0.25, 0.3) is 0 Å². The van der Waals surface area contributed by atoms with Crippen LogP contribution in [0.15, 0.2) is 29.3 Å². The van der Waals surface area contributed by atoms with Crippen LogP contribution in [0.2, 0.25) is 0 Å². The molecule has 13 heteroatoms. The predicted molar refractivity (Wildman–Crippen MR) is 107 cm³/mol. The Morgan fingerprint density at radius 1 is 1.29 bits per heavy atom. The number of rotatable bonds is 5. The molecule has 3 aromatic heterocycles. The lowest BCUT2D eigenvalue weighted by molar-refractivity contribution is -0.137. The van der Waals surface area contributed by atoms with Gasteiger partial charge in [-0.1, -0.05) is 6.92 Å². The summed E-state index contributed by atoms with van der Waals surface area (Å²) in [5.41, 5.74) is 4.43. The molecule has 0 saturated heterocycles. The lowest BCUT2D eigenvalue weighted by atomic mass is 10.2. The van der Waals surface area contributed by atoms with Crippen molar-refractivity contribution in [2.45, 2.75) is 31.0 Å². The van der Waals surface area contributed by atoms with Crippen LogP contribution in [0.3, 0.4) is 0 Å². The van der Waals surface area contributed by atoms with E-state index in [2.05, 4.69) is 20.3 Å². The molecule has 0 aliphatic rings. The van der Waals surface area contributed by atoms with E-state index in [1.807, 2.05) is 0 Å². The first kappa shape index (κ1) is 22.6. The van der Waals surface area contributed by atoms with Crippen molar-refractivity contribution in [3.05, 3.63) is 30.0 Å². The summed E-state index contributed by atoms with van der Waals surface area (Å²) in [5, 5.41) is 2.46. The lowest BCUT2D eigenvalue weighted by Gasteiger charge is -2.12. The van der Waals surface area contributed by atoms with Crippen molar-refractivity contribution >= 4 is 32.7 Å². The molecule has 3 heterocycles. The molecule has 1 amide bonds. The van der Waals surface area contributed by atoms with Gasteiger partial charge in [0, 0.05) is 13.2 Å². The number of hydrogen-bond acceptors (Lipinski definition) is 7. The highest BCUT2D eigenvalue weighted by Gasteiger charge is 2.32. The molecule has 9 nitrogen and oxygen atoms in total. The zero-order chi connectivity index (χ0) is 23.1. The van der Waals surface area contributed by atoms with E-state index in [4.69, 9.17) is 5.73 Å². The summed E-state index contributed by atoms with van der Waals surface area (Å²) in [4.78, 5) is 23.9. The lowest BCUT2D eigenvalue weighted by Crippen LogP contribution is -2.32. The number of alkyl halides is 3. The fourth-order valence-corrected chi connectivity index (χ4v) is 3.78. The molecular weight excluding hydrogens is 437 g/mol. The number of nitrogens with one attached hydrogen (secondary N) is 1. The van der Waals surface area contributed by atoms with Crippen molar-refractivity contribution in [3.63, 3.8) is 0 Å². The first-order valence-electron chi connectivity index (χ1n) is 9.05. The SMILES string of the molecule is CCS(=O)(=O)c1ccc(NC(=O)C(C)N)nc1-c1nc2cc(C(F)(F)F)cnc2n1C. The average Bonchev–Trinajstić information content (AvgIpc) is 3.03. The van der Waals surface area contributed by atoms with E-state index in [9.17, 15) is 26.4 Å². The minimum absolute atomic E-state index is 0.0170. The van der Waals surface area contributed by atoms with E-state index < -0.39 is 33.5 Å². The summed E-state index contributed by atoms with van der Waals surface area (Å²) in [5.74, 6) is -0.798. The van der Waals surface area contributed by atoms with Crippen LogP contribution in [0.25, 0.3) is 22.7 Å². The van der Waals surface area contributed by atoms with Gasteiger partial charge in [-0.2, -0.15) is 13.2 Å². The monoisotopic (exact) mass is 456 g/mol. The van der Waals surface area contributed by atoms with E-state index >= 15 is 0 Å². The molecule has 3 rings (SSSR count). The zero-order valence-corrected chi connectivity index (χ0v) is 17.5. The maximum atomic E-state index is 13.0. The van der Waals surface area contributed by atoms with E-state index in [0.717, 1.165) is 6.07 Å². The number of halogens is 3. The summed E-state index contributed by atoms with van der Waals surface area (Å²) >= 11 is 0. The van der Waals surface area contributed by atoms with Crippen LogP contribution >= 0.6 is 0 Å². The molecule has 0 fully saturated rings. The number of anilines is 1. The second-order valence-corrected chi connectivity index (χ2v) is 9.03. The van der Waals surface area contributed by atoms with Crippen LogP contribution in [0.4, 0.5) is 19.0 Å². The molecule has 1 atom stereocenters. The third-order valence-corrected chi connectivity index (χ3v) is 6.25. The number of carbonyl (C=O) groups excluding carboxylic acids is 1. The van der Waals surface area contributed by atoms with Crippen molar-refractivity contribution in [2.75, 3.05) is 11.1 Å².